The van der Waals surface area contributed by atoms with Gasteiger partial charge in [0.15, 0.2) is 6.29 Å². The second-order valence-corrected chi connectivity index (χ2v) is 11.0. The maximum absolute atomic E-state index is 11.8. The Hall–Kier alpha value is -1.15. The molecular weight excluding hydrogens is 560 g/mol. The van der Waals surface area contributed by atoms with Crippen LogP contribution in [0.4, 0.5) is 0 Å². The van der Waals surface area contributed by atoms with Gasteiger partial charge in [0.1, 0.15) is 31.0 Å². The van der Waals surface area contributed by atoms with Crippen LogP contribution in [0.2, 0.25) is 0 Å². The molecule has 1 fully saturated rings. The third kappa shape index (κ3) is 21.3. The molecule has 0 radical (unpaired) electrons. The summed E-state index contributed by atoms with van der Waals surface area (Å²) in [5, 5.41) is 38.6. The van der Waals surface area contributed by atoms with Crippen LogP contribution in [0.15, 0.2) is 12.2 Å². The largest absolute Gasteiger partial charge is 0.463 e. The fourth-order valence-electron chi connectivity index (χ4n) is 4.60. The Labute approximate surface area is 258 Å². The lowest BCUT2D eigenvalue weighted by atomic mass is 9.99. The quantitative estimate of drug-likeness (QED) is 0.0553. The summed E-state index contributed by atoms with van der Waals surface area (Å²) < 4.78 is 32.0. The number of carbonyl (C=O) groups is 1. The molecule has 0 saturated carbocycles. The van der Waals surface area contributed by atoms with Crippen molar-refractivity contribution in [2.45, 2.75) is 128 Å². The molecule has 1 saturated heterocycles. The topological polar surface area (TPSA) is 153 Å². The second-order valence-electron chi connectivity index (χ2n) is 11.0. The zero-order valence-electron chi connectivity index (χ0n) is 26.5. The van der Waals surface area contributed by atoms with Crippen molar-refractivity contribution >= 4 is 5.97 Å². The molecule has 1 aliphatic heterocycles. The number of allylic oxidation sites excluding steroid dienone is 2. The fraction of sp³-hybridized carbons (Fsp3) is 0.906. The first-order valence-corrected chi connectivity index (χ1v) is 16.5. The van der Waals surface area contributed by atoms with E-state index in [2.05, 4.69) is 19.1 Å². The monoisotopic (exact) mass is 620 g/mol. The highest BCUT2D eigenvalue weighted by molar-refractivity contribution is 5.69. The predicted octanol–water partition coefficient (Wildman–Crippen LogP) is 3.43. The van der Waals surface area contributed by atoms with E-state index in [0.29, 0.717) is 39.5 Å². The van der Waals surface area contributed by atoms with E-state index in [9.17, 15) is 25.2 Å². The molecule has 5 atom stereocenters. The normalized spacial score (nSPS) is 22.4. The maximum atomic E-state index is 11.8. The van der Waals surface area contributed by atoms with Gasteiger partial charge >= 0.3 is 5.97 Å². The summed E-state index contributed by atoms with van der Waals surface area (Å²) in [6, 6.07) is 0. The van der Waals surface area contributed by atoms with Crippen molar-refractivity contribution in [3.05, 3.63) is 12.2 Å². The second kappa shape index (κ2) is 28.3. The molecule has 1 aliphatic rings. The van der Waals surface area contributed by atoms with Crippen LogP contribution in [-0.2, 0) is 33.2 Å². The number of unbranched alkanes of at least 4 members (excludes halogenated alkanes) is 11. The van der Waals surface area contributed by atoms with Crippen LogP contribution in [-0.4, -0.2) is 117 Å². The summed E-state index contributed by atoms with van der Waals surface area (Å²) in [5.41, 5.74) is 0. The highest BCUT2D eigenvalue weighted by atomic mass is 16.7. The number of hydrogen-bond acceptors (Lipinski definition) is 11. The molecule has 0 aromatic heterocycles. The Kier molecular flexibility index (Phi) is 26.3. The minimum atomic E-state index is -1.47. The van der Waals surface area contributed by atoms with Crippen molar-refractivity contribution in [3.63, 3.8) is 0 Å². The van der Waals surface area contributed by atoms with Crippen molar-refractivity contribution in [1.29, 1.82) is 0 Å². The van der Waals surface area contributed by atoms with E-state index >= 15 is 0 Å². The van der Waals surface area contributed by atoms with Crippen molar-refractivity contribution < 1.29 is 53.6 Å². The smallest absolute Gasteiger partial charge is 0.305 e. The van der Waals surface area contributed by atoms with Crippen LogP contribution in [0.1, 0.15) is 96.8 Å². The molecule has 0 spiro atoms. The molecule has 11 heteroatoms. The van der Waals surface area contributed by atoms with Crippen molar-refractivity contribution in [3.8, 4) is 0 Å². The van der Waals surface area contributed by atoms with Gasteiger partial charge in [-0.25, -0.2) is 0 Å². The van der Waals surface area contributed by atoms with Gasteiger partial charge < -0.3 is 48.8 Å². The highest BCUT2D eigenvalue weighted by Gasteiger charge is 2.43. The minimum Gasteiger partial charge on any atom is -0.463 e. The zero-order valence-corrected chi connectivity index (χ0v) is 26.5. The minimum absolute atomic E-state index is 0.0851. The summed E-state index contributed by atoms with van der Waals surface area (Å²) in [4.78, 5) is 11.8. The first-order chi connectivity index (χ1) is 21.0. The number of ether oxygens (including phenoxy) is 6. The Bertz CT molecular complexity index is 661. The Morgan fingerprint density at radius 2 is 1.16 bits per heavy atom. The van der Waals surface area contributed by atoms with E-state index in [1.54, 1.807) is 0 Å². The average molecular weight is 621 g/mol. The summed E-state index contributed by atoms with van der Waals surface area (Å²) in [5.74, 6) is -0.176. The van der Waals surface area contributed by atoms with E-state index in [1.165, 1.54) is 57.8 Å². The molecule has 254 valence electrons. The van der Waals surface area contributed by atoms with Crippen LogP contribution >= 0.6 is 0 Å². The molecule has 1 heterocycles. The molecule has 0 amide bonds. The van der Waals surface area contributed by atoms with Gasteiger partial charge in [-0.2, -0.15) is 0 Å². The van der Waals surface area contributed by atoms with Crippen LogP contribution in [0.5, 0.6) is 0 Å². The number of hydrogen-bond donors (Lipinski definition) is 4. The SMILES string of the molecule is CCCCCCCC/C=C\CCCCCCCC(=O)OCCOCCOCCOCCO[C@@H]1O[C@H](CO)[C@@H](O)[C@H](O)[C@H]1O. The average Bonchev–Trinajstić information content (AvgIpc) is 3.01. The standard InChI is InChI=1S/C32H60O11/c1-2-3-4-5-6-7-8-9-10-11-12-13-14-15-16-17-28(34)41-24-22-39-20-18-38-19-21-40-23-25-42-32-31(37)30(36)29(35)27(26-33)43-32/h9-10,27,29-33,35-37H,2-8,11-26H2,1H3/b10-9-/t27-,29-,30+,31-,32-/m1/s1. The molecule has 43 heavy (non-hydrogen) atoms. The van der Waals surface area contributed by atoms with E-state index in [0.717, 1.165) is 25.7 Å². The third-order valence-corrected chi connectivity index (χ3v) is 7.24. The Morgan fingerprint density at radius 1 is 0.651 bits per heavy atom. The lowest BCUT2D eigenvalue weighted by Gasteiger charge is -2.39. The Morgan fingerprint density at radius 3 is 1.74 bits per heavy atom. The van der Waals surface area contributed by atoms with E-state index in [1.807, 2.05) is 0 Å². The van der Waals surface area contributed by atoms with Gasteiger partial charge in [-0.05, 0) is 32.1 Å². The summed E-state index contributed by atoms with van der Waals surface area (Å²) in [6.45, 7) is 4.04. The molecule has 0 aromatic carbocycles. The lowest BCUT2D eigenvalue weighted by molar-refractivity contribution is -0.302. The van der Waals surface area contributed by atoms with Crippen LogP contribution < -0.4 is 0 Å². The lowest BCUT2D eigenvalue weighted by Crippen LogP contribution is -2.59. The number of aliphatic hydroxyl groups excluding tert-OH is 4. The Balaban J connectivity index is 1.79. The van der Waals surface area contributed by atoms with Gasteiger partial charge in [-0.1, -0.05) is 70.4 Å². The fourth-order valence-corrected chi connectivity index (χ4v) is 4.60. The summed E-state index contributed by atoms with van der Waals surface area (Å²) in [6.07, 6.45) is 14.6. The molecular formula is C32H60O11. The predicted molar refractivity (Wildman–Crippen MR) is 163 cm³/mol. The molecule has 0 aliphatic carbocycles. The van der Waals surface area contributed by atoms with Gasteiger partial charge in [0, 0.05) is 6.42 Å². The van der Waals surface area contributed by atoms with E-state index in [-0.39, 0.29) is 25.8 Å². The first kappa shape index (κ1) is 39.9. The van der Waals surface area contributed by atoms with Gasteiger partial charge in [0.05, 0.1) is 52.9 Å². The van der Waals surface area contributed by atoms with Crippen LogP contribution in [0.3, 0.4) is 0 Å². The number of rotatable bonds is 29. The van der Waals surface area contributed by atoms with Crippen LogP contribution in [0, 0.1) is 0 Å². The summed E-state index contributed by atoms with van der Waals surface area (Å²) >= 11 is 0. The number of esters is 1. The third-order valence-electron chi connectivity index (χ3n) is 7.24. The number of aliphatic hydroxyl groups is 4. The first-order valence-electron chi connectivity index (χ1n) is 16.5. The number of carbonyl (C=O) groups excluding carboxylic acids is 1. The molecule has 0 unspecified atom stereocenters. The van der Waals surface area contributed by atoms with Crippen LogP contribution in [0.25, 0.3) is 0 Å². The van der Waals surface area contributed by atoms with E-state index in [4.69, 9.17) is 28.4 Å². The maximum Gasteiger partial charge on any atom is 0.305 e. The molecule has 4 N–H and O–H groups in total. The summed E-state index contributed by atoms with van der Waals surface area (Å²) in [7, 11) is 0. The molecule has 0 aromatic rings. The molecule has 11 nitrogen and oxygen atoms in total. The molecule has 0 bridgehead atoms. The highest BCUT2D eigenvalue weighted by Crippen LogP contribution is 2.21. The van der Waals surface area contributed by atoms with E-state index < -0.39 is 37.3 Å². The van der Waals surface area contributed by atoms with Gasteiger partial charge in [0.25, 0.3) is 0 Å². The molecule has 1 rings (SSSR count). The zero-order chi connectivity index (χ0) is 31.4. The van der Waals surface area contributed by atoms with Crippen molar-refractivity contribution in [2.75, 3.05) is 59.5 Å². The van der Waals surface area contributed by atoms with Crippen molar-refractivity contribution in [2.24, 2.45) is 0 Å². The van der Waals surface area contributed by atoms with Crippen molar-refractivity contribution in [1.82, 2.24) is 0 Å². The van der Waals surface area contributed by atoms with Gasteiger partial charge in [0.2, 0.25) is 0 Å². The van der Waals surface area contributed by atoms with Gasteiger partial charge in [-0.15, -0.1) is 0 Å². The van der Waals surface area contributed by atoms with Gasteiger partial charge in [-0.3, -0.25) is 4.79 Å².